The van der Waals surface area contributed by atoms with E-state index in [2.05, 4.69) is 5.32 Å². The predicted octanol–water partition coefficient (Wildman–Crippen LogP) is 2.72. The van der Waals surface area contributed by atoms with Crippen LogP contribution >= 0.6 is 0 Å². The quantitative estimate of drug-likeness (QED) is 0.699. The molecule has 0 fully saturated rings. The van der Waals surface area contributed by atoms with E-state index in [1.165, 1.54) is 0 Å². The van der Waals surface area contributed by atoms with Crippen LogP contribution in [0.15, 0.2) is 36.4 Å². The smallest absolute Gasteiger partial charge is 0.326 e. The standard InChI is InChI=1S/C21H26N2O4/c1-5-14(3)19(21(26)27)22-18(24)12-16-10-11-17(23(16)4)20(25)15-8-6-13(2)7-9-15/h6-11,14,19H,5,12H2,1-4H3,(H,22,24)(H,26,27). The fraction of sp³-hybridized carbons (Fsp3) is 0.381. The van der Waals surface area contributed by atoms with Crippen molar-refractivity contribution < 1.29 is 19.5 Å². The summed E-state index contributed by atoms with van der Waals surface area (Å²) in [5.41, 5.74) is 2.79. The summed E-state index contributed by atoms with van der Waals surface area (Å²) in [6, 6.07) is 9.81. The molecule has 2 atom stereocenters. The lowest BCUT2D eigenvalue weighted by Crippen LogP contribution is -2.45. The first kappa shape index (κ1) is 20.4. The lowest BCUT2D eigenvalue weighted by atomic mass is 9.99. The van der Waals surface area contributed by atoms with Crippen molar-refractivity contribution in [3.05, 3.63) is 58.9 Å². The second-order valence-electron chi connectivity index (χ2n) is 6.91. The Balaban J connectivity index is 2.12. The van der Waals surface area contributed by atoms with Gasteiger partial charge in [0.05, 0.1) is 12.1 Å². The van der Waals surface area contributed by atoms with Crippen molar-refractivity contribution in [3.63, 3.8) is 0 Å². The van der Waals surface area contributed by atoms with Crippen molar-refractivity contribution in [1.29, 1.82) is 0 Å². The molecule has 0 aliphatic carbocycles. The molecule has 27 heavy (non-hydrogen) atoms. The van der Waals surface area contributed by atoms with Crippen LogP contribution in [0, 0.1) is 12.8 Å². The zero-order valence-electron chi connectivity index (χ0n) is 16.2. The number of carboxylic acid groups (broad SMARTS) is 1. The summed E-state index contributed by atoms with van der Waals surface area (Å²) in [5, 5.41) is 11.9. The molecule has 2 N–H and O–H groups in total. The van der Waals surface area contributed by atoms with Gasteiger partial charge in [0.25, 0.3) is 0 Å². The van der Waals surface area contributed by atoms with Gasteiger partial charge in [-0.1, -0.05) is 50.1 Å². The number of carbonyl (C=O) groups excluding carboxylic acids is 2. The van der Waals surface area contributed by atoms with Gasteiger partial charge in [-0.15, -0.1) is 0 Å². The number of aryl methyl sites for hydroxylation is 1. The summed E-state index contributed by atoms with van der Waals surface area (Å²) in [5.74, 6) is -1.70. The Morgan fingerprint density at radius 2 is 1.74 bits per heavy atom. The molecule has 1 amide bonds. The van der Waals surface area contributed by atoms with Gasteiger partial charge in [-0.3, -0.25) is 9.59 Å². The molecule has 0 aliphatic heterocycles. The van der Waals surface area contributed by atoms with Crippen molar-refractivity contribution in [1.82, 2.24) is 9.88 Å². The maximum atomic E-state index is 12.7. The molecule has 2 rings (SSSR count). The van der Waals surface area contributed by atoms with Gasteiger partial charge in [-0.2, -0.15) is 0 Å². The Morgan fingerprint density at radius 1 is 1.11 bits per heavy atom. The van der Waals surface area contributed by atoms with Gasteiger partial charge in [0.1, 0.15) is 6.04 Å². The molecular weight excluding hydrogens is 344 g/mol. The van der Waals surface area contributed by atoms with Crippen LogP contribution in [0.1, 0.15) is 47.6 Å². The molecule has 0 spiro atoms. The maximum absolute atomic E-state index is 12.7. The van der Waals surface area contributed by atoms with Gasteiger partial charge in [0, 0.05) is 18.3 Å². The fourth-order valence-electron chi connectivity index (χ4n) is 2.88. The summed E-state index contributed by atoms with van der Waals surface area (Å²) >= 11 is 0. The number of amides is 1. The molecule has 0 bridgehead atoms. The van der Waals surface area contributed by atoms with Crippen LogP contribution < -0.4 is 5.32 Å². The van der Waals surface area contributed by atoms with Crippen molar-refractivity contribution in [3.8, 4) is 0 Å². The predicted molar refractivity (Wildman–Crippen MR) is 103 cm³/mol. The first-order valence-electron chi connectivity index (χ1n) is 9.02. The Kier molecular flexibility index (Phi) is 6.55. The van der Waals surface area contributed by atoms with E-state index in [1.54, 1.807) is 42.8 Å². The Bertz CT molecular complexity index is 836. The number of carboxylic acids is 1. The zero-order chi connectivity index (χ0) is 20.1. The number of carbonyl (C=O) groups is 3. The summed E-state index contributed by atoms with van der Waals surface area (Å²) < 4.78 is 1.68. The number of hydrogen-bond acceptors (Lipinski definition) is 3. The summed E-state index contributed by atoms with van der Waals surface area (Å²) in [7, 11) is 1.73. The Labute approximate surface area is 159 Å². The minimum Gasteiger partial charge on any atom is -0.480 e. The summed E-state index contributed by atoms with van der Waals surface area (Å²) in [4.78, 5) is 36.4. The van der Waals surface area contributed by atoms with Crippen LogP contribution in [-0.4, -0.2) is 33.4 Å². The molecule has 6 heteroatoms. The third-order valence-corrected chi connectivity index (χ3v) is 4.91. The topological polar surface area (TPSA) is 88.4 Å². The lowest BCUT2D eigenvalue weighted by Gasteiger charge is -2.20. The monoisotopic (exact) mass is 370 g/mol. The van der Waals surface area contributed by atoms with E-state index in [9.17, 15) is 19.5 Å². The van der Waals surface area contributed by atoms with Crippen LogP contribution in [0.2, 0.25) is 0 Å². The number of ketones is 1. The van der Waals surface area contributed by atoms with E-state index in [-0.39, 0.29) is 24.0 Å². The van der Waals surface area contributed by atoms with E-state index in [4.69, 9.17) is 0 Å². The van der Waals surface area contributed by atoms with Crippen LogP contribution in [-0.2, 0) is 23.1 Å². The molecule has 0 aliphatic rings. The highest BCUT2D eigenvalue weighted by molar-refractivity contribution is 6.08. The zero-order valence-corrected chi connectivity index (χ0v) is 16.2. The van der Waals surface area contributed by atoms with E-state index in [0.29, 0.717) is 23.4 Å². The molecule has 1 heterocycles. The van der Waals surface area contributed by atoms with Crippen LogP contribution in [0.3, 0.4) is 0 Å². The second kappa shape index (κ2) is 8.66. The maximum Gasteiger partial charge on any atom is 0.326 e. The minimum atomic E-state index is -1.04. The second-order valence-corrected chi connectivity index (χ2v) is 6.91. The SMILES string of the molecule is CCC(C)C(NC(=O)Cc1ccc(C(=O)c2ccc(C)cc2)n1C)C(=O)O. The van der Waals surface area contributed by atoms with E-state index < -0.39 is 12.0 Å². The van der Waals surface area contributed by atoms with Gasteiger partial charge in [-0.25, -0.2) is 4.79 Å². The number of hydrogen-bond donors (Lipinski definition) is 2. The van der Waals surface area contributed by atoms with Crippen molar-refractivity contribution in [2.24, 2.45) is 13.0 Å². The highest BCUT2D eigenvalue weighted by Gasteiger charge is 2.25. The molecule has 0 saturated heterocycles. The normalized spacial score (nSPS) is 13.0. The molecule has 6 nitrogen and oxygen atoms in total. The lowest BCUT2D eigenvalue weighted by molar-refractivity contribution is -0.143. The van der Waals surface area contributed by atoms with Crippen LogP contribution in [0.25, 0.3) is 0 Å². The summed E-state index contributed by atoms with van der Waals surface area (Å²) in [6.45, 7) is 5.63. The number of aromatic nitrogens is 1. The first-order chi connectivity index (χ1) is 12.7. The molecule has 2 unspecified atom stereocenters. The Hall–Kier alpha value is -2.89. The number of nitrogens with zero attached hydrogens (tertiary/aromatic N) is 1. The number of nitrogens with one attached hydrogen (secondary N) is 1. The van der Waals surface area contributed by atoms with E-state index in [1.807, 2.05) is 26.0 Å². The van der Waals surface area contributed by atoms with Gasteiger partial charge in [0.15, 0.2) is 0 Å². The van der Waals surface area contributed by atoms with Gasteiger partial charge in [-0.05, 0) is 25.0 Å². The van der Waals surface area contributed by atoms with Gasteiger partial charge in [0.2, 0.25) is 11.7 Å². The van der Waals surface area contributed by atoms with Crippen molar-refractivity contribution in [2.75, 3.05) is 0 Å². The molecule has 1 aromatic heterocycles. The number of rotatable bonds is 8. The highest BCUT2D eigenvalue weighted by atomic mass is 16.4. The number of benzene rings is 1. The molecular formula is C21H26N2O4. The third-order valence-electron chi connectivity index (χ3n) is 4.91. The van der Waals surface area contributed by atoms with Crippen LogP contribution in [0.4, 0.5) is 0 Å². The number of aliphatic carboxylic acids is 1. The van der Waals surface area contributed by atoms with Crippen molar-refractivity contribution >= 4 is 17.7 Å². The highest BCUT2D eigenvalue weighted by Crippen LogP contribution is 2.15. The molecule has 144 valence electrons. The molecule has 1 aromatic carbocycles. The first-order valence-corrected chi connectivity index (χ1v) is 9.02. The largest absolute Gasteiger partial charge is 0.480 e. The molecule has 2 aromatic rings. The third kappa shape index (κ3) is 4.84. The van der Waals surface area contributed by atoms with Crippen LogP contribution in [0.5, 0.6) is 0 Å². The van der Waals surface area contributed by atoms with Gasteiger partial charge >= 0.3 is 5.97 Å². The molecule has 0 saturated carbocycles. The Morgan fingerprint density at radius 3 is 2.30 bits per heavy atom. The van der Waals surface area contributed by atoms with E-state index in [0.717, 1.165) is 5.56 Å². The molecule has 0 radical (unpaired) electrons. The fourth-order valence-corrected chi connectivity index (χ4v) is 2.88. The minimum absolute atomic E-state index is 0.0118. The average molecular weight is 370 g/mol. The van der Waals surface area contributed by atoms with Gasteiger partial charge < -0.3 is 15.0 Å². The van der Waals surface area contributed by atoms with E-state index >= 15 is 0 Å². The summed E-state index contributed by atoms with van der Waals surface area (Å²) in [6.07, 6.45) is 0.661. The van der Waals surface area contributed by atoms with Crippen molar-refractivity contribution in [2.45, 2.75) is 39.7 Å². The average Bonchev–Trinajstić information content (AvgIpc) is 2.99.